The normalized spacial score (nSPS) is 12.8. The van der Waals surface area contributed by atoms with Crippen LogP contribution in [0, 0.1) is 6.92 Å². The van der Waals surface area contributed by atoms with Gasteiger partial charge in [0.05, 0.1) is 17.3 Å². The molecule has 1 N–H and O–H groups in total. The highest BCUT2D eigenvalue weighted by molar-refractivity contribution is 5.38. The number of nitrogens with zero attached hydrogens (tertiary/aromatic N) is 4. The Balaban J connectivity index is 1.75. The van der Waals surface area contributed by atoms with Crippen molar-refractivity contribution in [3.05, 3.63) is 71.4 Å². The van der Waals surface area contributed by atoms with E-state index in [9.17, 15) is 0 Å². The molecule has 1 unspecified atom stereocenters. The van der Waals surface area contributed by atoms with Gasteiger partial charge in [-0.15, -0.1) is 0 Å². The zero-order valence-corrected chi connectivity index (χ0v) is 16.2. The van der Waals surface area contributed by atoms with Gasteiger partial charge in [0.25, 0.3) is 0 Å². The van der Waals surface area contributed by atoms with Crippen LogP contribution < -0.4 is 5.32 Å². The summed E-state index contributed by atoms with van der Waals surface area (Å²) in [6, 6.07) is 12.3. The molecule has 0 amide bonds. The Morgan fingerprint density at radius 1 is 1.12 bits per heavy atom. The SMILES string of the molecule is Cc1nn(C(C)(C)C)cc1C(C)Nc1ccnc(Cc2ccccc2)n1. The first-order valence-electron chi connectivity index (χ1n) is 9.02. The lowest BCUT2D eigenvalue weighted by molar-refractivity contribution is 0.354. The second kappa shape index (κ2) is 7.28. The molecule has 1 atom stereocenters. The van der Waals surface area contributed by atoms with Crippen molar-refractivity contribution in [1.29, 1.82) is 0 Å². The predicted molar refractivity (Wildman–Crippen MR) is 105 cm³/mol. The summed E-state index contributed by atoms with van der Waals surface area (Å²) in [5.74, 6) is 1.65. The standard InChI is InChI=1S/C21H27N5/c1-15(18-14-26(21(3,4)5)25-16(18)2)23-19-11-12-22-20(24-19)13-17-9-7-6-8-10-17/h6-12,14-15H,13H2,1-5H3,(H,22,23,24). The Kier molecular flexibility index (Phi) is 5.07. The first-order valence-corrected chi connectivity index (χ1v) is 9.02. The Bertz CT molecular complexity index is 862. The van der Waals surface area contributed by atoms with Gasteiger partial charge in [-0.25, -0.2) is 9.97 Å². The van der Waals surface area contributed by atoms with E-state index in [0.717, 1.165) is 23.8 Å². The zero-order valence-electron chi connectivity index (χ0n) is 16.2. The Morgan fingerprint density at radius 2 is 1.85 bits per heavy atom. The number of rotatable bonds is 5. The molecule has 26 heavy (non-hydrogen) atoms. The molecule has 5 heteroatoms. The fourth-order valence-corrected chi connectivity index (χ4v) is 2.88. The van der Waals surface area contributed by atoms with Crippen LogP contribution in [0.1, 0.15) is 56.4 Å². The smallest absolute Gasteiger partial charge is 0.135 e. The number of aromatic nitrogens is 4. The second-order valence-electron chi connectivity index (χ2n) is 7.67. The van der Waals surface area contributed by atoms with Crippen molar-refractivity contribution in [3.63, 3.8) is 0 Å². The molecule has 0 aliphatic heterocycles. The topological polar surface area (TPSA) is 55.6 Å². The minimum absolute atomic E-state index is 0.0273. The lowest BCUT2D eigenvalue weighted by atomic mass is 10.1. The molecule has 5 nitrogen and oxygen atoms in total. The van der Waals surface area contributed by atoms with Crippen LogP contribution >= 0.6 is 0 Å². The summed E-state index contributed by atoms with van der Waals surface area (Å²) >= 11 is 0. The molecule has 0 spiro atoms. The van der Waals surface area contributed by atoms with Crippen LogP contribution in [-0.2, 0) is 12.0 Å². The minimum Gasteiger partial charge on any atom is -0.363 e. The van der Waals surface area contributed by atoms with Crippen LogP contribution in [0.4, 0.5) is 5.82 Å². The number of benzene rings is 1. The average Bonchev–Trinajstić information content (AvgIpc) is 2.98. The molecule has 0 bridgehead atoms. The number of hydrogen-bond acceptors (Lipinski definition) is 4. The van der Waals surface area contributed by atoms with Crippen LogP contribution in [0.15, 0.2) is 48.8 Å². The molecule has 0 saturated heterocycles. The summed E-state index contributed by atoms with van der Waals surface area (Å²) in [5, 5.41) is 8.15. The van der Waals surface area contributed by atoms with Crippen molar-refractivity contribution in [2.24, 2.45) is 0 Å². The van der Waals surface area contributed by atoms with Gasteiger partial charge < -0.3 is 5.32 Å². The monoisotopic (exact) mass is 349 g/mol. The summed E-state index contributed by atoms with van der Waals surface area (Å²) in [4.78, 5) is 9.07. The van der Waals surface area contributed by atoms with Gasteiger partial charge in [0.15, 0.2) is 0 Å². The third kappa shape index (κ3) is 4.28. The lowest BCUT2D eigenvalue weighted by Gasteiger charge is -2.19. The molecular formula is C21H27N5. The highest BCUT2D eigenvalue weighted by atomic mass is 15.3. The quantitative estimate of drug-likeness (QED) is 0.737. The molecule has 2 aromatic heterocycles. The predicted octanol–water partition coefficient (Wildman–Crippen LogP) is 4.50. The summed E-state index contributed by atoms with van der Waals surface area (Å²) in [7, 11) is 0. The molecule has 0 aliphatic rings. The van der Waals surface area contributed by atoms with Crippen molar-refractivity contribution in [1.82, 2.24) is 19.7 Å². The van der Waals surface area contributed by atoms with Crippen LogP contribution in [0.2, 0.25) is 0 Å². The highest BCUT2D eigenvalue weighted by Gasteiger charge is 2.19. The maximum absolute atomic E-state index is 4.67. The van der Waals surface area contributed by atoms with Gasteiger partial charge in [-0.3, -0.25) is 4.68 Å². The number of hydrogen-bond donors (Lipinski definition) is 1. The van der Waals surface area contributed by atoms with Gasteiger partial charge in [0.2, 0.25) is 0 Å². The van der Waals surface area contributed by atoms with Crippen molar-refractivity contribution < 1.29 is 0 Å². The summed E-state index contributed by atoms with van der Waals surface area (Å²) < 4.78 is 2.02. The van der Waals surface area contributed by atoms with E-state index in [2.05, 4.69) is 73.3 Å². The molecule has 0 radical (unpaired) electrons. The average molecular weight is 349 g/mol. The van der Waals surface area contributed by atoms with Crippen LogP contribution in [0.3, 0.4) is 0 Å². The van der Waals surface area contributed by atoms with E-state index in [4.69, 9.17) is 0 Å². The van der Waals surface area contributed by atoms with Gasteiger partial charge in [-0.1, -0.05) is 30.3 Å². The van der Waals surface area contributed by atoms with E-state index in [1.807, 2.05) is 35.1 Å². The fraction of sp³-hybridized carbons (Fsp3) is 0.381. The highest BCUT2D eigenvalue weighted by Crippen LogP contribution is 2.23. The van der Waals surface area contributed by atoms with E-state index in [1.165, 1.54) is 11.1 Å². The third-order valence-corrected chi connectivity index (χ3v) is 4.37. The molecule has 3 aromatic rings. The maximum atomic E-state index is 4.67. The Hall–Kier alpha value is -2.69. The summed E-state index contributed by atoms with van der Waals surface area (Å²) in [6.07, 6.45) is 4.66. The molecule has 3 rings (SSSR count). The molecule has 136 valence electrons. The largest absolute Gasteiger partial charge is 0.363 e. The van der Waals surface area contributed by atoms with Gasteiger partial charge in [-0.2, -0.15) is 5.10 Å². The van der Waals surface area contributed by atoms with E-state index in [0.29, 0.717) is 0 Å². The van der Waals surface area contributed by atoms with Crippen molar-refractivity contribution in [2.45, 2.75) is 52.6 Å². The zero-order chi connectivity index (χ0) is 18.7. The minimum atomic E-state index is -0.0273. The van der Waals surface area contributed by atoms with Crippen molar-refractivity contribution in [3.8, 4) is 0 Å². The van der Waals surface area contributed by atoms with Crippen LogP contribution in [0.5, 0.6) is 0 Å². The van der Waals surface area contributed by atoms with Gasteiger partial charge in [0.1, 0.15) is 11.6 Å². The lowest BCUT2D eigenvalue weighted by Crippen LogP contribution is -2.22. The number of anilines is 1. The van der Waals surface area contributed by atoms with Crippen molar-refractivity contribution >= 4 is 5.82 Å². The first kappa shape index (κ1) is 18.1. The molecular weight excluding hydrogens is 322 g/mol. The van der Waals surface area contributed by atoms with E-state index >= 15 is 0 Å². The van der Waals surface area contributed by atoms with Gasteiger partial charge in [0, 0.05) is 24.4 Å². The van der Waals surface area contributed by atoms with Gasteiger partial charge in [-0.05, 0) is 46.2 Å². The van der Waals surface area contributed by atoms with E-state index in [1.54, 1.807) is 0 Å². The molecule has 0 aliphatic carbocycles. The number of aryl methyl sites for hydroxylation is 1. The Labute approximate surface area is 155 Å². The third-order valence-electron chi connectivity index (χ3n) is 4.37. The number of nitrogens with one attached hydrogen (secondary N) is 1. The van der Waals surface area contributed by atoms with Gasteiger partial charge >= 0.3 is 0 Å². The molecule has 1 aromatic carbocycles. The van der Waals surface area contributed by atoms with Crippen LogP contribution in [-0.4, -0.2) is 19.7 Å². The maximum Gasteiger partial charge on any atom is 0.135 e. The fourth-order valence-electron chi connectivity index (χ4n) is 2.88. The first-order chi connectivity index (χ1) is 12.3. The summed E-state index contributed by atoms with van der Waals surface area (Å²) in [6.45, 7) is 10.7. The van der Waals surface area contributed by atoms with Crippen LogP contribution in [0.25, 0.3) is 0 Å². The molecule has 2 heterocycles. The van der Waals surface area contributed by atoms with E-state index in [-0.39, 0.29) is 11.6 Å². The molecule has 0 fully saturated rings. The Morgan fingerprint density at radius 3 is 2.50 bits per heavy atom. The van der Waals surface area contributed by atoms with Crippen molar-refractivity contribution in [2.75, 3.05) is 5.32 Å². The van der Waals surface area contributed by atoms with E-state index < -0.39 is 0 Å². The second-order valence-corrected chi connectivity index (χ2v) is 7.67. The molecule has 0 saturated carbocycles. The summed E-state index contributed by atoms with van der Waals surface area (Å²) in [5.41, 5.74) is 3.40.